The number of benzene rings is 4. The number of rotatable bonds is 6. The maximum atomic E-state index is 14.1. The molecule has 9 nitrogen and oxygen atoms in total. The van der Waals surface area contributed by atoms with Gasteiger partial charge in [-0.15, -0.1) is 0 Å². The van der Waals surface area contributed by atoms with Crippen LogP contribution in [0.15, 0.2) is 84.9 Å². The first kappa shape index (κ1) is 25.6. The summed E-state index contributed by atoms with van der Waals surface area (Å²) in [5.41, 5.74) is 0.626. The number of carbonyl (C=O) groups is 2. The molecule has 198 valence electrons. The van der Waals surface area contributed by atoms with Crippen LogP contribution in [0, 0.1) is 11.8 Å². The van der Waals surface area contributed by atoms with Crippen LogP contribution in [0.25, 0.3) is 0 Å². The predicted octanol–water partition coefficient (Wildman–Crippen LogP) is 4.73. The Morgan fingerprint density at radius 3 is 1.64 bits per heavy atom. The van der Waals surface area contributed by atoms with Gasteiger partial charge in [0.2, 0.25) is 0 Å². The molecule has 6 N–H and O–H groups in total. The predicted molar refractivity (Wildman–Crippen MR) is 138 cm³/mol. The van der Waals surface area contributed by atoms with Crippen LogP contribution in [0.3, 0.4) is 0 Å². The van der Waals surface area contributed by atoms with Gasteiger partial charge >= 0.3 is 0 Å². The van der Waals surface area contributed by atoms with Crippen LogP contribution in [0.2, 0.25) is 0 Å². The number of Topliss-reactive ketones (excluding diaryl/α,β-unsaturated/α-hetero) is 2. The van der Waals surface area contributed by atoms with Gasteiger partial charge in [-0.1, -0.05) is 12.1 Å². The Kier molecular flexibility index (Phi) is 6.59. The van der Waals surface area contributed by atoms with Crippen molar-refractivity contribution >= 4 is 11.6 Å². The van der Waals surface area contributed by atoms with Crippen LogP contribution in [-0.2, 0) is 4.74 Å². The van der Waals surface area contributed by atoms with E-state index in [4.69, 9.17) is 4.74 Å². The topological polar surface area (TPSA) is 165 Å². The third-order valence-electron chi connectivity index (χ3n) is 6.88. The first-order chi connectivity index (χ1) is 18.6. The summed E-state index contributed by atoms with van der Waals surface area (Å²) in [4.78, 5) is 28.1. The largest absolute Gasteiger partial charge is 0.508 e. The van der Waals surface area contributed by atoms with Gasteiger partial charge in [0.15, 0.2) is 11.6 Å². The van der Waals surface area contributed by atoms with Crippen molar-refractivity contribution in [3.8, 4) is 34.5 Å². The number of phenolic OH excluding ortho intramolecular Hbond substituents is 6. The fraction of sp³-hybridized carbons (Fsp3) is 0.133. The zero-order chi connectivity index (χ0) is 27.8. The fourth-order valence-electron chi connectivity index (χ4n) is 5.02. The summed E-state index contributed by atoms with van der Waals surface area (Å²) < 4.78 is 6.35. The number of phenols is 6. The smallest absolute Gasteiger partial charge is 0.173 e. The summed E-state index contributed by atoms with van der Waals surface area (Å²) in [5, 5.41) is 60.4. The Bertz CT molecular complexity index is 1540. The average molecular weight is 529 g/mol. The summed E-state index contributed by atoms with van der Waals surface area (Å²) in [6.45, 7) is 0. The van der Waals surface area contributed by atoms with Crippen LogP contribution >= 0.6 is 0 Å². The molecule has 0 unspecified atom stereocenters. The fourth-order valence-corrected chi connectivity index (χ4v) is 5.02. The van der Waals surface area contributed by atoms with Crippen molar-refractivity contribution in [3.05, 3.63) is 107 Å². The molecule has 1 heterocycles. The van der Waals surface area contributed by atoms with E-state index in [2.05, 4.69) is 0 Å². The van der Waals surface area contributed by atoms with Gasteiger partial charge < -0.3 is 35.4 Å². The summed E-state index contributed by atoms with van der Waals surface area (Å²) in [6.07, 6.45) is -2.23. The van der Waals surface area contributed by atoms with Gasteiger partial charge in [0, 0.05) is 23.3 Å². The number of hydrogen-bond donors (Lipinski definition) is 6. The van der Waals surface area contributed by atoms with Crippen LogP contribution in [-0.4, -0.2) is 42.2 Å². The molecule has 0 bridgehead atoms. The van der Waals surface area contributed by atoms with E-state index in [1.165, 1.54) is 72.8 Å². The summed E-state index contributed by atoms with van der Waals surface area (Å²) in [5.74, 6) is -5.05. The van der Waals surface area contributed by atoms with Crippen molar-refractivity contribution in [1.82, 2.24) is 0 Å². The molecule has 4 aromatic rings. The standard InChI is InChI=1S/C30H24O9/c31-17-5-1-15(2-6-17)27(37)25-26(28(38)21-11-9-19(33)13-23(21)35)29(16-3-7-18(32)8-4-16)39-30(25)22-12-10-20(34)14-24(22)36/h1-14,25-26,29-36H/t25-,26-,29+,30-/m1/s1. The third kappa shape index (κ3) is 4.83. The third-order valence-corrected chi connectivity index (χ3v) is 6.88. The molecule has 0 aliphatic carbocycles. The molecule has 1 saturated heterocycles. The Hall–Kier alpha value is -5.02. The molecule has 39 heavy (non-hydrogen) atoms. The average Bonchev–Trinajstić information content (AvgIpc) is 3.29. The molecule has 0 spiro atoms. The van der Waals surface area contributed by atoms with Gasteiger partial charge in [-0.05, 0) is 66.2 Å². The van der Waals surface area contributed by atoms with Crippen LogP contribution in [0.4, 0.5) is 0 Å². The molecule has 0 saturated carbocycles. The monoisotopic (exact) mass is 528 g/mol. The normalized spacial score (nSPS) is 20.5. The number of ketones is 2. The molecule has 0 radical (unpaired) electrons. The van der Waals surface area contributed by atoms with Gasteiger partial charge in [-0.3, -0.25) is 9.59 Å². The van der Waals surface area contributed by atoms with Crippen molar-refractivity contribution in [2.24, 2.45) is 11.8 Å². The van der Waals surface area contributed by atoms with Gasteiger partial charge in [0.1, 0.15) is 34.5 Å². The lowest BCUT2D eigenvalue weighted by Gasteiger charge is -2.23. The van der Waals surface area contributed by atoms with Crippen molar-refractivity contribution in [1.29, 1.82) is 0 Å². The lowest BCUT2D eigenvalue weighted by atomic mass is 9.74. The molecule has 4 atom stereocenters. The number of aromatic hydroxyl groups is 6. The van der Waals surface area contributed by atoms with E-state index in [9.17, 15) is 40.2 Å². The Morgan fingerprint density at radius 2 is 1.05 bits per heavy atom. The molecule has 9 heteroatoms. The zero-order valence-electron chi connectivity index (χ0n) is 20.3. The molecular formula is C30H24O9. The van der Waals surface area contributed by atoms with Crippen molar-refractivity contribution < 1.29 is 45.0 Å². The van der Waals surface area contributed by atoms with E-state index < -0.39 is 41.4 Å². The van der Waals surface area contributed by atoms with Gasteiger partial charge in [-0.25, -0.2) is 0 Å². The summed E-state index contributed by atoms with van der Waals surface area (Å²) in [7, 11) is 0. The molecule has 1 aliphatic heterocycles. The van der Waals surface area contributed by atoms with Crippen LogP contribution < -0.4 is 0 Å². The SMILES string of the molecule is O=C(c1ccc(O)cc1)[C@H]1[C@H](C(=O)c2ccc(O)cc2O)[C@H](c2ccc(O)cc2)O[C@@H]1c1ccc(O)cc1O. The van der Waals surface area contributed by atoms with Gasteiger partial charge in [-0.2, -0.15) is 0 Å². The van der Waals surface area contributed by atoms with Gasteiger partial charge in [0.25, 0.3) is 0 Å². The first-order valence-electron chi connectivity index (χ1n) is 12.0. The van der Waals surface area contributed by atoms with Gasteiger partial charge in [0.05, 0.1) is 29.6 Å². The molecular weight excluding hydrogens is 504 g/mol. The minimum Gasteiger partial charge on any atom is -0.508 e. The van der Waals surface area contributed by atoms with E-state index in [1.807, 2.05) is 0 Å². The first-order valence-corrected chi connectivity index (χ1v) is 12.0. The maximum Gasteiger partial charge on any atom is 0.173 e. The number of ether oxygens (including phenoxy) is 1. The van der Waals surface area contributed by atoms with E-state index in [0.29, 0.717) is 5.56 Å². The van der Waals surface area contributed by atoms with E-state index in [-0.39, 0.29) is 45.4 Å². The van der Waals surface area contributed by atoms with E-state index in [1.54, 1.807) is 0 Å². The summed E-state index contributed by atoms with van der Waals surface area (Å²) >= 11 is 0. The second-order valence-electron chi connectivity index (χ2n) is 9.34. The van der Waals surface area contributed by atoms with Crippen molar-refractivity contribution in [3.63, 3.8) is 0 Å². The minimum absolute atomic E-state index is 0.0275. The molecule has 1 fully saturated rings. The molecule has 1 aliphatic rings. The maximum absolute atomic E-state index is 14.1. The second-order valence-corrected chi connectivity index (χ2v) is 9.34. The van der Waals surface area contributed by atoms with Crippen LogP contribution in [0.1, 0.15) is 44.1 Å². The van der Waals surface area contributed by atoms with Crippen molar-refractivity contribution in [2.45, 2.75) is 12.2 Å². The quantitative estimate of drug-likeness (QED) is 0.194. The number of carbonyl (C=O) groups excluding carboxylic acids is 2. The second kappa shape index (κ2) is 10.0. The van der Waals surface area contributed by atoms with Crippen LogP contribution in [0.5, 0.6) is 34.5 Å². The molecule has 0 aromatic heterocycles. The Morgan fingerprint density at radius 1 is 0.538 bits per heavy atom. The lowest BCUT2D eigenvalue weighted by Crippen LogP contribution is -2.31. The highest BCUT2D eigenvalue weighted by Gasteiger charge is 2.53. The minimum atomic E-state index is -1.23. The van der Waals surface area contributed by atoms with Crippen molar-refractivity contribution in [2.75, 3.05) is 0 Å². The molecule has 4 aromatic carbocycles. The zero-order valence-corrected chi connectivity index (χ0v) is 20.3. The highest BCUT2D eigenvalue weighted by atomic mass is 16.5. The number of hydrogen-bond acceptors (Lipinski definition) is 9. The molecule has 5 rings (SSSR count). The molecule has 0 amide bonds. The van der Waals surface area contributed by atoms with E-state index >= 15 is 0 Å². The van der Waals surface area contributed by atoms with E-state index in [0.717, 1.165) is 12.1 Å². The lowest BCUT2D eigenvalue weighted by molar-refractivity contribution is 0.0256. The highest BCUT2D eigenvalue weighted by Crippen LogP contribution is 2.54. The Balaban J connectivity index is 1.71. The highest BCUT2D eigenvalue weighted by molar-refractivity contribution is 6.07. The summed E-state index contributed by atoms with van der Waals surface area (Å²) in [6, 6.07) is 18.6. The Labute approximate surface area is 222 Å².